The molecule has 2 aromatic heterocycles. The Hall–Kier alpha value is -3.85. The van der Waals surface area contributed by atoms with Crippen LogP contribution in [-0.2, 0) is 22.0 Å². The van der Waals surface area contributed by atoms with Gasteiger partial charge in [0.15, 0.2) is 0 Å². The number of aromatic nitrogens is 2. The summed E-state index contributed by atoms with van der Waals surface area (Å²) in [6, 6.07) is 15.3. The van der Waals surface area contributed by atoms with Crippen molar-refractivity contribution < 1.29 is 22.4 Å². The van der Waals surface area contributed by atoms with Crippen molar-refractivity contribution in [2.24, 2.45) is 0 Å². The lowest BCUT2D eigenvalue weighted by Gasteiger charge is -2.21. The van der Waals surface area contributed by atoms with Gasteiger partial charge in [0, 0.05) is 23.5 Å². The monoisotopic (exact) mass is 493 g/mol. The van der Waals surface area contributed by atoms with Gasteiger partial charge in [-0.1, -0.05) is 32.9 Å². The lowest BCUT2D eigenvalue weighted by atomic mass is 9.87. The van der Waals surface area contributed by atoms with Crippen LogP contribution in [0, 0.1) is 0 Å². The van der Waals surface area contributed by atoms with E-state index >= 15 is 0 Å². The van der Waals surface area contributed by atoms with E-state index in [9.17, 15) is 13.2 Å². The van der Waals surface area contributed by atoms with Gasteiger partial charge in [-0.3, -0.25) is 9.48 Å². The third-order valence-electron chi connectivity index (χ3n) is 5.60. The number of nitrogens with one attached hydrogen (secondary N) is 1. The maximum absolute atomic E-state index is 13.2. The highest BCUT2D eigenvalue weighted by Crippen LogP contribution is 2.31. The SMILES string of the molecule is COc1ccc(C(C)(C)C)cc1S(=O)(=O)NC(=O)c1ccc(Cn2cccn2)c(-c2ccco2)c1. The van der Waals surface area contributed by atoms with Crippen molar-refractivity contribution in [1.29, 1.82) is 0 Å². The van der Waals surface area contributed by atoms with Crippen molar-refractivity contribution in [3.63, 3.8) is 0 Å². The zero-order chi connectivity index (χ0) is 25.2. The molecule has 0 saturated carbocycles. The molecule has 0 radical (unpaired) electrons. The first-order chi connectivity index (χ1) is 16.6. The fraction of sp³-hybridized carbons (Fsp3) is 0.231. The molecule has 8 nitrogen and oxygen atoms in total. The average molecular weight is 494 g/mol. The lowest BCUT2D eigenvalue weighted by molar-refractivity contribution is 0.0981. The molecule has 1 N–H and O–H groups in total. The molecule has 35 heavy (non-hydrogen) atoms. The van der Waals surface area contributed by atoms with Crippen LogP contribution in [0.1, 0.15) is 42.3 Å². The molecule has 0 aliphatic heterocycles. The van der Waals surface area contributed by atoms with E-state index in [1.807, 2.05) is 39.1 Å². The zero-order valence-electron chi connectivity index (χ0n) is 20.0. The molecule has 0 unspecified atom stereocenters. The van der Waals surface area contributed by atoms with Crippen LogP contribution < -0.4 is 9.46 Å². The van der Waals surface area contributed by atoms with E-state index in [1.54, 1.807) is 53.5 Å². The number of carbonyl (C=O) groups is 1. The quantitative estimate of drug-likeness (QED) is 0.403. The van der Waals surface area contributed by atoms with Crippen molar-refractivity contribution >= 4 is 15.9 Å². The zero-order valence-corrected chi connectivity index (χ0v) is 20.8. The van der Waals surface area contributed by atoms with E-state index in [0.29, 0.717) is 17.9 Å². The van der Waals surface area contributed by atoms with E-state index in [0.717, 1.165) is 11.1 Å². The number of nitrogens with zero attached hydrogens (tertiary/aromatic N) is 2. The van der Waals surface area contributed by atoms with Gasteiger partial charge in [0.2, 0.25) is 0 Å². The first-order valence-electron chi connectivity index (χ1n) is 11.0. The van der Waals surface area contributed by atoms with Crippen LogP contribution in [0.4, 0.5) is 0 Å². The number of benzene rings is 2. The van der Waals surface area contributed by atoms with Gasteiger partial charge in [0.25, 0.3) is 15.9 Å². The summed E-state index contributed by atoms with van der Waals surface area (Å²) >= 11 is 0. The third kappa shape index (κ3) is 5.30. The number of amides is 1. The number of hydrogen-bond donors (Lipinski definition) is 1. The normalized spacial score (nSPS) is 11.9. The molecule has 4 aromatic rings. The number of furan rings is 1. The molecule has 0 aliphatic rings. The number of carbonyl (C=O) groups excluding carboxylic acids is 1. The summed E-state index contributed by atoms with van der Waals surface area (Å²) < 4.78 is 41.2. The van der Waals surface area contributed by atoms with Crippen molar-refractivity contribution in [2.75, 3.05) is 7.11 Å². The Kier molecular flexibility index (Phi) is 6.53. The molecule has 0 spiro atoms. The summed E-state index contributed by atoms with van der Waals surface area (Å²) in [5.41, 5.74) is 2.22. The van der Waals surface area contributed by atoms with Crippen LogP contribution in [0.3, 0.4) is 0 Å². The van der Waals surface area contributed by atoms with Gasteiger partial charge in [-0.05, 0) is 59.0 Å². The summed E-state index contributed by atoms with van der Waals surface area (Å²) in [6.07, 6.45) is 5.05. The van der Waals surface area contributed by atoms with Gasteiger partial charge in [-0.2, -0.15) is 5.10 Å². The van der Waals surface area contributed by atoms with Gasteiger partial charge >= 0.3 is 0 Å². The molecule has 1 amide bonds. The van der Waals surface area contributed by atoms with Crippen LogP contribution in [0.15, 0.2) is 82.6 Å². The Morgan fingerprint density at radius 2 is 1.91 bits per heavy atom. The van der Waals surface area contributed by atoms with E-state index in [4.69, 9.17) is 9.15 Å². The predicted octanol–water partition coefficient (Wildman–Crippen LogP) is 4.62. The van der Waals surface area contributed by atoms with Gasteiger partial charge < -0.3 is 9.15 Å². The molecule has 4 rings (SSSR count). The summed E-state index contributed by atoms with van der Waals surface area (Å²) in [5, 5.41) is 4.23. The maximum Gasteiger partial charge on any atom is 0.268 e. The minimum atomic E-state index is -4.21. The molecular weight excluding hydrogens is 466 g/mol. The lowest BCUT2D eigenvalue weighted by Crippen LogP contribution is -2.31. The Balaban J connectivity index is 1.68. The second-order valence-corrected chi connectivity index (χ2v) is 10.8. The van der Waals surface area contributed by atoms with Gasteiger partial charge in [-0.15, -0.1) is 0 Å². The molecule has 2 aromatic carbocycles. The summed E-state index contributed by atoms with van der Waals surface area (Å²) in [6.45, 7) is 6.39. The highest BCUT2D eigenvalue weighted by molar-refractivity contribution is 7.90. The first kappa shape index (κ1) is 24.3. The van der Waals surface area contributed by atoms with Crippen LogP contribution >= 0.6 is 0 Å². The first-order valence-corrected chi connectivity index (χ1v) is 12.5. The molecule has 9 heteroatoms. The molecule has 0 fully saturated rings. The van der Waals surface area contributed by atoms with Crippen LogP contribution in [-0.4, -0.2) is 31.2 Å². The number of hydrogen-bond acceptors (Lipinski definition) is 6. The molecular formula is C26H27N3O5S. The Labute approximate surface area is 204 Å². The predicted molar refractivity (Wildman–Crippen MR) is 132 cm³/mol. The molecule has 182 valence electrons. The second kappa shape index (κ2) is 9.42. The highest BCUT2D eigenvalue weighted by Gasteiger charge is 2.26. The van der Waals surface area contributed by atoms with E-state index in [-0.39, 0.29) is 21.6 Å². The Bertz CT molecular complexity index is 1430. The minimum Gasteiger partial charge on any atom is -0.495 e. The molecule has 0 aliphatic carbocycles. The summed E-state index contributed by atoms with van der Waals surface area (Å²) in [4.78, 5) is 13.0. The number of ether oxygens (including phenoxy) is 1. The van der Waals surface area contributed by atoms with Crippen molar-refractivity contribution in [3.05, 3.63) is 89.9 Å². The summed E-state index contributed by atoms with van der Waals surface area (Å²) in [7, 11) is -2.82. The smallest absolute Gasteiger partial charge is 0.268 e. The van der Waals surface area contributed by atoms with Crippen molar-refractivity contribution in [2.45, 2.75) is 37.6 Å². The molecule has 0 bridgehead atoms. The third-order valence-corrected chi connectivity index (χ3v) is 6.95. The van der Waals surface area contributed by atoms with Crippen LogP contribution in [0.2, 0.25) is 0 Å². The Morgan fingerprint density at radius 3 is 2.54 bits per heavy atom. The van der Waals surface area contributed by atoms with E-state index in [2.05, 4.69) is 9.82 Å². The second-order valence-electron chi connectivity index (χ2n) is 9.10. The fourth-order valence-electron chi connectivity index (χ4n) is 3.67. The van der Waals surface area contributed by atoms with Gasteiger partial charge in [-0.25, -0.2) is 13.1 Å². The van der Waals surface area contributed by atoms with Crippen LogP contribution in [0.25, 0.3) is 11.3 Å². The minimum absolute atomic E-state index is 0.0951. The number of sulfonamides is 1. The molecule has 0 saturated heterocycles. The largest absolute Gasteiger partial charge is 0.495 e. The number of rotatable bonds is 7. The van der Waals surface area contributed by atoms with Crippen molar-refractivity contribution in [1.82, 2.24) is 14.5 Å². The van der Waals surface area contributed by atoms with Gasteiger partial charge in [0.1, 0.15) is 16.4 Å². The van der Waals surface area contributed by atoms with E-state index < -0.39 is 15.9 Å². The molecule has 2 heterocycles. The topological polar surface area (TPSA) is 103 Å². The summed E-state index contributed by atoms with van der Waals surface area (Å²) in [5.74, 6) is -0.0417. The molecule has 0 atom stereocenters. The van der Waals surface area contributed by atoms with E-state index in [1.165, 1.54) is 13.2 Å². The average Bonchev–Trinajstić information content (AvgIpc) is 3.52. The fourth-order valence-corrected chi connectivity index (χ4v) is 4.84. The van der Waals surface area contributed by atoms with Gasteiger partial charge in [0.05, 0.1) is 19.9 Å². The Morgan fingerprint density at radius 1 is 1.11 bits per heavy atom. The maximum atomic E-state index is 13.2. The van der Waals surface area contributed by atoms with Crippen molar-refractivity contribution in [3.8, 4) is 17.1 Å². The standard InChI is InChI=1S/C26H27N3O5S/c1-26(2,3)20-10-11-23(33-4)24(16-20)35(31,32)28-25(30)18-8-9-19(17-29-13-6-12-27-29)21(15-18)22-7-5-14-34-22/h5-16H,17H2,1-4H3,(H,28,30). The highest BCUT2D eigenvalue weighted by atomic mass is 32.2. The number of methoxy groups -OCH3 is 1. The van der Waals surface area contributed by atoms with Crippen LogP contribution in [0.5, 0.6) is 5.75 Å².